The van der Waals surface area contributed by atoms with Crippen LogP contribution in [0.15, 0.2) is 24.3 Å². The highest BCUT2D eigenvalue weighted by molar-refractivity contribution is 6.30. The molecule has 1 fully saturated rings. The fourth-order valence-electron chi connectivity index (χ4n) is 2.85. The number of carbonyl (C=O) groups excluding carboxylic acids is 1. The Balaban J connectivity index is 1.63. The van der Waals surface area contributed by atoms with Crippen molar-refractivity contribution in [2.75, 3.05) is 59.5 Å². The summed E-state index contributed by atoms with van der Waals surface area (Å²) in [6.45, 7) is 3.31. The topological polar surface area (TPSA) is 91.3 Å². The van der Waals surface area contributed by atoms with Crippen molar-refractivity contribution in [2.24, 2.45) is 0 Å². The number of carboxylic acid groups (broad SMARTS) is 1. The van der Waals surface area contributed by atoms with E-state index < -0.39 is 5.97 Å². The first-order valence-electron chi connectivity index (χ1n) is 8.81. The highest BCUT2D eigenvalue weighted by Crippen LogP contribution is 2.16. The van der Waals surface area contributed by atoms with E-state index in [0.29, 0.717) is 50.2 Å². The molecule has 1 saturated heterocycles. The second-order valence-electron chi connectivity index (χ2n) is 6.47. The van der Waals surface area contributed by atoms with E-state index >= 15 is 0 Å². The lowest BCUT2D eigenvalue weighted by atomic mass is 10.2. The first kappa shape index (κ1) is 21.4. The fraction of sp³-hybridized carbons (Fsp3) is 0.556. The molecule has 2 rings (SSSR count). The van der Waals surface area contributed by atoms with Gasteiger partial charge in [0.2, 0.25) is 5.91 Å². The molecule has 1 aliphatic heterocycles. The van der Waals surface area contributed by atoms with Gasteiger partial charge in [-0.15, -0.1) is 0 Å². The Morgan fingerprint density at radius 3 is 3.04 bits per heavy atom. The number of ether oxygens (including phenoxy) is 2. The summed E-state index contributed by atoms with van der Waals surface area (Å²) in [7, 11) is 1.74. The molecule has 9 heteroatoms. The SMILES string of the molecule is CN(CC(=O)O)CC1CN(CC(=O)NCCOc2cccc(Cl)c2)CCO1. The third-order valence-corrected chi connectivity index (χ3v) is 4.23. The number of halogens is 1. The molecule has 0 spiro atoms. The average molecular weight is 400 g/mol. The number of carbonyl (C=O) groups is 2. The van der Waals surface area contributed by atoms with Crippen LogP contribution in [0.25, 0.3) is 0 Å². The number of rotatable bonds is 10. The maximum atomic E-state index is 12.1. The molecule has 8 nitrogen and oxygen atoms in total. The van der Waals surface area contributed by atoms with Crippen LogP contribution in [0.3, 0.4) is 0 Å². The number of nitrogens with one attached hydrogen (secondary N) is 1. The molecule has 0 saturated carbocycles. The molecule has 1 aromatic rings. The average Bonchev–Trinajstić information content (AvgIpc) is 2.58. The minimum atomic E-state index is -0.871. The van der Waals surface area contributed by atoms with Gasteiger partial charge in [-0.05, 0) is 25.2 Å². The van der Waals surface area contributed by atoms with Crippen molar-refractivity contribution in [2.45, 2.75) is 6.10 Å². The standard InChI is InChI=1S/C18H26ClN3O5/c1-21(13-18(24)25)10-16-11-22(6-8-27-16)12-17(23)20-5-7-26-15-4-2-3-14(19)9-15/h2-4,9,16H,5-8,10-13H2,1H3,(H,20,23)(H,24,25). The van der Waals surface area contributed by atoms with E-state index in [2.05, 4.69) is 5.32 Å². The van der Waals surface area contributed by atoms with Crippen molar-refractivity contribution >= 4 is 23.5 Å². The zero-order valence-corrected chi connectivity index (χ0v) is 16.2. The van der Waals surface area contributed by atoms with Crippen LogP contribution in [0.2, 0.25) is 5.02 Å². The van der Waals surface area contributed by atoms with Crippen LogP contribution >= 0.6 is 11.6 Å². The number of hydrogen-bond acceptors (Lipinski definition) is 6. The Bertz CT molecular complexity index is 631. The summed E-state index contributed by atoms with van der Waals surface area (Å²) in [5.41, 5.74) is 0. The number of carboxylic acids is 1. The van der Waals surface area contributed by atoms with Crippen LogP contribution in [-0.2, 0) is 14.3 Å². The van der Waals surface area contributed by atoms with Crippen molar-refractivity contribution in [3.8, 4) is 5.75 Å². The van der Waals surface area contributed by atoms with Gasteiger partial charge in [-0.2, -0.15) is 0 Å². The molecule has 2 N–H and O–H groups in total. The highest BCUT2D eigenvalue weighted by atomic mass is 35.5. The smallest absolute Gasteiger partial charge is 0.317 e. The molecule has 1 heterocycles. The quantitative estimate of drug-likeness (QED) is 0.555. The van der Waals surface area contributed by atoms with Crippen LogP contribution in [0.4, 0.5) is 0 Å². The first-order valence-corrected chi connectivity index (χ1v) is 9.19. The van der Waals surface area contributed by atoms with Gasteiger partial charge in [0.05, 0.1) is 32.3 Å². The number of morpholine rings is 1. The molecule has 1 aliphatic rings. The molecule has 0 bridgehead atoms. The van der Waals surface area contributed by atoms with Gasteiger partial charge in [0.25, 0.3) is 0 Å². The van der Waals surface area contributed by atoms with E-state index in [1.165, 1.54) is 0 Å². The summed E-state index contributed by atoms with van der Waals surface area (Å²) in [6, 6.07) is 7.10. The number of benzene rings is 1. The Kier molecular flexibility index (Phi) is 8.80. The Morgan fingerprint density at radius 1 is 1.48 bits per heavy atom. The van der Waals surface area contributed by atoms with Gasteiger partial charge in [-0.1, -0.05) is 17.7 Å². The first-order chi connectivity index (χ1) is 12.9. The number of amides is 1. The summed E-state index contributed by atoms with van der Waals surface area (Å²) in [6.07, 6.45) is -0.109. The van der Waals surface area contributed by atoms with E-state index in [1.807, 2.05) is 11.0 Å². The van der Waals surface area contributed by atoms with Crippen molar-refractivity contribution in [3.63, 3.8) is 0 Å². The molecule has 0 aliphatic carbocycles. The summed E-state index contributed by atoms with van der Waals surface area (Å²) in [4.78, 5) is 26.5. The van der Waals surface area contributed by atoms with Gasteiger partial charge in [-0.3, -0.25) is 19.4 Å². The molecule has 1 amide bonds. The lowest BCUT2D eigenvalue weighted by molar-refractivity contribution is -0.138. The molecule has 150 valence electrons. The van der Waals surface area contributed by atoms with Gasteiger partial charge in [-0.25, -0.2) is 0 Å². The second kappa shape index (κ2) is 11.1. The Hall–Kier alpha value is -1.87. The molecule has 1 aromatic carbocycles. The van der Waals surface area contributed by atoms with Crippen molar-refractivity contribution in [1.29, 1.82) is 0 Å². The maximum Gasteiger partial charge on any atom is 0.317 e. The zero-order chi connectivity index (χ0) is 19.6. The molecule has 0 radical (unpaired) electrons. The van der Waals surface area contributed by atoms with Crippen LogP contribution in [0, 0.1) is 0 Å². The Morgan fingerprint density at radius 2 is 2.30 bits per heavy atom. The molecular formula is C18H26ClN3O5. The molecular weight excluding hydrogens is 374 g/mol. The van der Waals surface area contributed by atoms with Gasteiger partial charge < -0.3 is 19.9 Å². The maximum absolute atomic E-state index is 12.1. The van der Waals surface area contributed by atoms with E-state index in [1.54, 1.807) is 30.1 Å². The molecule has 27 heavy (non-hydrogen) atoms. The van der Waals surface area contributed by atoms with Crippen LogP contribution in [-0.4, -0.2) is 92.4 Å². The van der Waals surface area contributed by atoms with E-state index in [0.717, 1.165) is 0 Å². The van der Waals surface area contributed by atoms with Gasteiger partial charge in [0.1, 0.15) is 12.4 Å². The van der Waals surface area contributed by atoms with Crippen molar-refractivity contribution in [3.05, 3.63) is 29.3 Å². The third kappa shape index (κ3) is 8.57. The predicted molar refractivity (Wildman–Crippen MR) is 101 cm³/mol. The normalized spacial score (nSPS) is 17.7. The predicted octanol–water partition coefficient (Wildman–Crippen LogP) is 0.552. The molecule has 1 unspecified atom stereocenters. The van der Waals surface area contributed by atoms with Crippen LogP contribution in [0.1, 0.15) is 0 Å². The zero-order valence-electron chi connectivity index (χ0n) is 15.4. The molecule has 1 atom stereocenters. The lowest BCUT2D eigenvalue weighted by Crippen LogP contribution is -2.50. The number of aliphatic carboxylic acids is 1. The van der Waals surface area contributed by atoms with E-state index in [-0.39, 0.29) is 25.1 Å². The largest absolute Gasteiger partial charge is 0.492 e. The highest BCUT2D eigenvalue weighted by Gasteiger charge is 2.23. The van der Waals surface area contributed by atoms with E-state index in [9.17, 15) is 9.59 Å². The minimum Gasteiger partial charge on any atom is -0.492 e. The number of hydrogen-bond donors (Lipinski definition) is 2. The summed E-state index contributed by atoms with van der Waals surface area (Å²) < 4.78 is 11.2. The molecule has 0 aromatic heterocycles. The van der Waals surface area contributed by atoms with Gasteiger partial charge >= 0.3 is 5.97 Å². The second-order valence-corrected chi connectivity index (χ2v) is 6.91. The Labute approximate surface area is 164 Å². The minimum absolute atomic E-state index is 0.0347. The number of likely N-dealkylation sites (N-methyl/N-ethyl adjacent to an activating group) is 1. The third-order valence-electron chi connectivity index (χ3n) is 4.00. The summed E-state index contributed by atoms with van der Waals surface area (Å²) in [5, 5.41) is 12.2. The van der Waals surface area contributed by atoms with Gasteiger partial charge in [0.15, 0.2) is 0 Å². The number of nitrogens with zero attached hydrogens (tertiary/aromatic N) is 2. The van der Waals surface area contributed by atoms with Crippen molar-refractivity contribution in [1.82, 2.24) is 15.1 Å². The fourth-order valence-corrected chi connectivity index (χ4v) is 3.03. The monoisotopic (exact) mass is 399 g/mol. The van der Waals surface area contributed by atoms with Crippen LogP contribution in [0.5, 0.6) is 5.75 Å². The summed E-state index contributed by atoms with van der Waals surface area (Å²) >= 11 is 5.89. The summed E-state index contributed by atoms with van der Waals surface area (Å²) in [5.74, 6) is -0.285. The lowest BCUT2D eigenvalue weighted by Gasteiger charge is -2.34. The van der Waals surface area contributed by atoms with Crippen molar-refractivity contribution < 1.29 is 24.2 Å². The van der Waals surface area contributed by atoms with Crippen LogP contribution < -0.4 is 10.1 Å². The van der Waals surface area contributed by atoms with E-state index in [4.69, 9.17) is 26.2 Å². The van der Waals surface area contributed by atoms with Gasteiger partial charge in [0, 0.05) is 24.7 Å².